The molecule has 0 bridgehead atoms. The monoisotopic (exact) mass is 328 g/mol. The normalized spacial score (nSPS) is 12.0. The molecule has 1 unspecified atom stereocenters. The molecule has 0 fully saturated rings. The zero-order valence-corrected chi connectivity index (χ0v) is 13.4. The van der Waals surface area contributed by atoms with Crippen LogP contribution in [0.5, 0.6) is 0 Å². The predicted octanol–water partition coefficient (Wildman–Crippen LogP) is 3.00. The van der Waals surface area contributed by atoms with Crippen LogP contribution in [0.15, 0.2) is 45.9 Å². The molecule has 0 aliphatic carbocycles. The number of aryl methyl sites for hydroxylation is 1. The van der Waals surface area contributed by atoms with E-state index in [1.807, 2.05) is 35.9 Å². The van der Waals surface area contributed by atoms with Crippen molar-refractivity contribution in [3.05, 3.63) is 52.8 Å². The molecule has 0 saturated carbocycles. The third-order valence-electron chi connectivity index (χ3n) is 3.38. The summed E-state index contributed by atoms with van der Waals surface area (Å²) in [5, 5.41) is 10.8. The van der Waals surface area contributed by atoms with Gasteiger partial charge in [-0.3, -0.25) is 9.78 Å². The first kappa shape index (κ1) is 15.4. The van der Waals surface area contributed by atoms with E-state index in [-0.39, 0.29) is 11.9 Å². The highest BCUT2D eigenvalue weighted by molar-refractivity contribution is 7.08. The molecule has 0 radical (unpaired) electrons. The number of rotatable bonds is 6. The number of nitrogens with one attached hydrogen (secondary N) is 1. The molecule has 7 heteroatoms. The van der Waals surface area contributed by atoms with Gasteiger partial charge in [0.15, 0.2) is 0 Å². The number of nitrogens with zero attached hydrogens (tertiary/aromatic N) is 3. The van der Waals surface area contributed by atoms with Gasteiger partial charge in [0.1, 0.15) is 0 Å². The lowest BCUT2D eigenvalue weighted by Crippen LogP contribution is -2.26. The van der Waals surface area contributed by atoms with Gasteiger partial charge in [0.25, 0.3) is 0 Å². The van der Waals surface area contributed by atoms with Crippen molar-refractivity contribution >= 4 is 17.2 Å². The van der Waals surface area contributed by atoms with E-state index in [1.165, 1.54) is 0 Å². The smallest absolute Gasteiger partial charge is 0.227 e. The Bertz CT molecular complexity index is 756. The maximum absolute atomic E-state index is 12.0. The summed E-state index contributed by atoms with van der Waals surface area (Å²) in [7, 11) is 0. The molecule has 23 heavy (non-hydrogen) atoms. The lowest BCUT2D eigenvalue weighted by atomic mass is 10.1. The summed E-state index contributed by atoms with van der Waals surface area (Å²) in [4.78, 5) is 20.4. The van der Waals surface area contributed by atoms with E-state index >= 15 is 0 Å². The second kappa shape index (κ2) is 7.15. The van der Waals surface area contributed by atoms with E-state index < -0.39 is 0 Å². The fourth-order valence-electron chi connectivity index (χ4n) is 2.11. The number of aromatic nitrogens is 3. The van der Waals surface area contributed by atoms with E-state index in [4.69, 9.17) is 4.52 Å². The Morgan fingerprint density at radius 1 is 1.43 bits per heavy atom. The molecule has 0 spiro atoms. The molecule has 0 saturated heterocycles. The molecule has 1 amide bonds. The Hall–Kier alpha value is -2.54. The number of hydrogen-bond acceptors (Lipinski definition) is 6. The zero-order valence-electron chi connectivity index (χ0n) is 12.6. The van der Waals surface area contributed by atoms with E-state index in [0.29, 0.717) is 24.6 Å². The van der Waals surface area contributed by atoms with Crippen molar-refractivity contribution in [2.45, 2.75) is 25.8 Å². The van der Waals surface area contributed by atoms with Gasteiger partial charge in [-0.1, -0.05) is 11.2 Å². The largest absolute Gasteiger partial charge is 0.350 e. The van der Waals surface area contributed by atoms with Crippen molar-refractivity contribution in [1.82, 2.24) is 20.4 Å². The number of thiophene rings is 1. The molecule has 0 aromatic carbocycles. The highest BCUT2D eigenvalue weighted by Crippen LogP contribution is 2.19. The topological polar surface area (TPSA) is 80.9 Å². The van der Waals surface area contributed by atoms with E-state index in [1.54, 1.807) is 23.7 Å². The maximum atomic E-state index is 12.0. The van der Waals surface area contributed by atoms with E-state index in [0.717, 1.165) is 11.1 Å². The highest BCUT2D eigenvalue weighted by atomic mass is 32.1. The van der Waals surface area contributed by atoms with Crippen LogP contribution in [0, 0.1) is 0 Å². The van der Waals surface area contributed by atoms with Crippen LogP contribution in [0.1, 0.15) is 30.8 Å². The van der Waals surface area contributed by atoms with Gasteiger partial charge in [-0.25, -0.2) is 0 Å². The van der Waals surface area contributed by atoms with Crippen LogP contribution in [0.2, 0.25) is 0 Å². The first-order valence-electron chi connectivity index (χ1n) is 7.27. The number of pyridine rings is 1. The molecule has 1 atom stereocenters. The SMILES string of the molecule is CC(NC(=O)CCc1nc(-c2ccsc2)no1)c1cccnc1. The maximum Gasteiger partial charge on any atom is 0.227 e. The van der Waals surface area contributed by atoms with Gasteiger partial charge in [0.2, 0.25) is 17.6 Å². The first-order valence-corrected chi connectivity index (χ1v) is 8.21. The Morgan fingerprint density at radius 3 is 3.09 bits per heavy atom. The molecule has 3 rings (SSSR count). The minimum Gasteiger partial charge on any atom is -0.350 e. The van der Waals surface area contributed by atoms with Gasteiger partial charge >= 0.3 is 0 Å². The van der Waals surface area contributed by atoms with Gasteiger partial charge in [-0.05, 0) is 30.0 Å². The number of amides is 1. The fourth-order valence-corrected chi connectivity index (χ4v) is 2.75. The molecule has 118 valence electrons. The third kappa shape index (κ3) is 4.01. The Labute approximate surface area is 137 Å². The highest BCUT2D eigenvalue weighted by Gasteiger charge is 2.13. The summed E-state index contributed by atoms with van der Waals surface area (Å²) in [5.74, 6) is 0.970. The van der Waals surface area contributed by atoms with Crippen molar-refractivity contribution < 1.29 is 9.32 Å². The molecule has 6 nitrogen and oxygen atoms in total. The molecular formula is C16H16N4O2S. The third-order valence-corrected chi connectivity index (χ3v) is 4.06. The number of carbonyl (C=O) groups is 1. The molecule has 3 aromatic rings. The lowest BCUT2D eigenvalue weighted by Gasteiger charge is -2.13. The van der Waals surface area contributed by atoms with Crippen LogP contribution in [0.3, 0.4) is 0 Å². The summed E-state index contributed by atoms with van der Waals surface area (Å²) < 4.78 is 5.18. The molecule has 0 aliphatic rings. The van der Waals surface area contributed by atoms with Crippen LogP contribution < -0.4 is 5.32 Å². The second-order valence-electron chi connectivity index (χ2n) is 5.10. The average molecular weight is 328 g/mol. The lowest BCUT2D eigenvalue weighted by molar-refractivity contribution is -0.121. The van der Waals surface area contributed by atoms with Gasteiger partial charge in [-0.15, -0.1) is 0 Å². The van der Waals surface area contributed by atoms with Crippen molar-refractivity contribution in [2.75, 3.05) is 0 Å². The van der Waals surface area contributed by atoms with Crippen LogP contribution in [-0.2, 0) is 11.2 Å². The van der Waals surface area contributed by atoms with Crippen molar-refractivity contribution in [2.24, 2.45) is 0 Å². The molecule has 0 aliphatic heterocycles. The first-order chi connectivity index (χ1) is 11.2. The second-order valence-corrected chi connectivity index (χ2v) is 5.88. The Morgan fingerprint density at radius 2 is 2.35 bits per heavy atom. The summed E-state index contributed by atoms with van der Waals surface area (Å²) >= 11 is 1.58. The van der Waals surface area contributed by atoms with Crippen molar-refractivity contribution in [1.29, 1.82) is 0 Å². The molecular weight excluding hydrogens is 312 g/mol. The predicted molar refractivity (Wildman–Crippen MR) is 86.7 cm³/mol. The van der Waals surface area contributed by atoms with Gasteiger partial charge in [0, 0.05) is 36.2 Å². The molecule has 3 aromatic heterocycles. The Kier molecular flexibility index (Phi) is 4.77. The quantitative estimate of drug-likeness (QED) is 0.752. The minimum absolute atomic E-state index is 0.0587. The standard InChI is InChI=1S/C16H16N4O2S/c1-11(12-3-2-7-17-9-12)18-14(21)4-5-15-19-16(20-22-15)13-6-8-23-10-13/h2-3,6-11H,4-5H2,1H3,(H,18,21). The van der Waals surface area contributed by atoms with Crippen LogP contribution in [0.4, 0.5) is 0 Å². The van der Waals surface area contributed by atoms with E-state index in [2.05, 4.69) is 20.4 Å². The van der Waals surface area contributed by atoms with Crippen LogP contribution in [0.25, 0.3) is 11.4 Å². The Balaban J connectivity index is 1.51. The van der Waals surface area contributed by atoms with Gasteiger partial charge in [-0.2, -0.15) is 16.3 Å². The van der Waals surface area contributed by atoms with Gasteiger partial charge < -0.3 is 9.84 Å². The minimum atomic E-state index is -0.0831. The fraction of sp³-hybridized carbons (Fsp3) is 0.250. The number of hydrogen-bond donors (Lipinski definition) is 1. The van der Waals surface area contributed by atoms with Crippen LogP contribution in [-0.4, -0.2) is 21.0 Å². The zero-order chi connectivity index (χ0) is 16.1. The van der Waals surface area contributed by atoms with Gasteiger partial charge in [0.05, 0.1) is 6.04 Å². The molecule has 3 heterocycles. The average Bonchev–Trinajstić information content (AvgIpc) is 3.25. The summed E-state index contributed by atoms with van der Waals surface area (Å²) in [6.45, 7) is 1.93. The van der Waals surface area contributed by atoms with Crippen molar-refractivity contribution in [3.63, 3.8) is 0 Å². The summed E-state index contributed by atoms with van der Waals surface area (Å²) in [6.07, 6.45) is 4.17. The molecule has 1 N–H and O–H groups in total. The van der Waals surface area contributed by atoms with Crippen LogP contribution >= 0.6 is 11.3 Å². The van der Waals surface area contributed by atoms with E-state index in [9.17, 15) is 4.79 Å². The van der Waals surface area contributed by atoms with Crippen molar-refractivity contribution in [3.8, 4) is 11.4 Å². The summed E-state index contributed by atoms with van der Waals surface area (Å²) in [6, 6.07) is 5.63. The summed E-state index contributed by atoms with van der Waals surface area (Å²) in [5.41, 5.74) is 1.90. The number of carbonyl (C=O) groups excluding carboxylic acids is 1.